The van der Waals surface area contributed by atoms with Crippen LogP contribution in [0.2, 0.25) is 0 Å². The van der Waals surface area contributed by atoms with Crippen LogP contribution < -0.4 is 0 Å². The molecule has 12 nitrogen and oxygen atoms in total. The van der Waals surface area contributed by atoms with E-state index in [0.29, 0.717) is 0 Å². The van der Waals surface area contributed by atoms with E-state index in [2.05, 4.69) is 9.47 Å². The summed E-state index contributed by atoms with van der Waals surface area (Å²) < 4.78 is 24.3. The van der Waals surface area contributed by atoms with Crippen LogP contribution in [0.1, 0.15) is 101 Å². The van der Waals surface area contributed by atoms with Crippen LogP contribution in [-0.2, 0) is 52.5 Å². The molecule has 0 heterocycles. The third-order valence-electron chi connectivity index (χ3n) is 3.31. The lowest BCUT2D eigenvalue weighted by molar-refractivity contribution is -0.171. The summed E-state index contributed by atoms with van der Waals surface area (Å²) in [6.07, 6.45) is -0.832. The zero-order valence-corrected chi connectivity index (χ0v) is 23.4. The van der Waals surface area contributed by atoms with Gasteiger partial charge < -0.3 is 28.8 Å². The molecule has 1 N–H and O–H groups in total. The standard InChI is InChI=1S/C17H28O8.C8H14O4/c1-16(2,3)24-14(20)9-7-12(18)22-11-23-13(19)8-10-15(21)25-17(4,5)6;1-8(2,3)12-7(11)5-4-6(9)10/h7-11H2,1-6H3;4-5H2,1-3H3,(H,9,10). The van der Waals surface area contributed by atoms with E-state index in [1.165, 1.54) is 0 Å². The van der Waals surface area contributed by atoms with Gasteiger partial charge in [0.1, 0.15) is 16.8 Å². The van der Waals surface area contributed by atoms with Crippen molar-refractivity contribution in [2.75, 3.05) is 6.79 Å². The number of aliphatic carboxylic acids is 1. The van der Waals surface area contributed by atoms with Crippen LogP contribution in [-0.4, -0.2) is 64.5 Å². The first-order valence-corrected chi connectivity index (χ1v) is 11.8. The zero-order chi connectivity index (χ0) is 29.4. The van der Waals surface area contributed by atoms with E-state index in [4.69, 9.17) is 19.3 Å². The molecule has 0 spiro atoms. The first-order valence-electron chi connectivity index (χ1n) is 11.8. The second kappa shape index (κ2) is 16.5. The third-order valence-corrected chi connectivity index (χ3v) is 3.31. The fourth-order valence-electron chi connectivity index (χ4n) is 2.10. The number of carbonyl (C=O) groups is 6. The molecule has 0 aromatic heterocycles. The Labute approximate surface area is 218 Å². The van der Waals surface area contributed by atoms with Gasteiger partial charge in [0, 0.05) is 0 Å². The fourth-order valence-corrected chi connectivity index (χ4v) is 2.10. The van der Waals surface area contributed by atoms with Crippen molar-refractivity contribution >= 4 is 35.8 Å². The first-order chi connectivity index (χ1) is 16.6. The minimum atomic E-state index is -0.985. The van der Waals surface area contributed by atoms with E-state index in [9.17, 15) is 28.8 Å². The summed E-state index contributed by atoms with van der Waals surface area (Å²) >= 11 is 0. The number of hydrogen-bond acceptors (Lipinski definition) is 11. The summed E-state index contributed by atoms with van der Waals surface area (Å²) in [5.74, 6) is -3.86. The molecule has 0 saturated carbocycles. The zero-order valence-electron chi connectivity index (χ0n) is 23.4. The van der Waals surface area contributed by atoms with E-state index >= 15 is 0 Å². The molecule has 37 heavy (non-hydrogen) atoms. The summed E-state index contributed by atoms with van der Waals surface area (Å²) in [4.78, 5) is 66.7. The molecule has 0 fully saturated rings. The maximum absolute atomic E-state index is 11.4. The lowest BCUT2D eigenvalue weighted by atomic mass is 10.2. The normalized spacial score (nSPS) is 11.3. The van der Waals surface area contributed by atoms with Gasteiger partial charge in [-0.2, -0.15) is 0 Å². The Morgan fingerprint density at radius 1 is 0.459 bits per heavy atom. The van der Waals surface area contributed by atoms with Crippen molar-refractivity contribution in [2.45, 2.75) is 118 Å². The number of carboxylic acids is 1. The molecule has 0 radical (unpaired) electrons. The molecule has 0 unspecified atom stereocenters. The highest BCUT2D eigenvalue weighted by Gasteiger charge is 2.19. The van der Waals surface area contributed by atoms with Gasteiger partial charge in [-0.05, 0) is 62.3 Å². The molecule has 0 aliphatic carbocycles. The summed E-state index contributed by atoms with van der Waals surface area (Å²) in [6, 6.07) is 0. The van der Waals surface area contributed by atoms with Crippen LogP contribution in [0.3, 0.4) is 0 Å². The number of carbonyl (C=O) groups excluding carboxylic acids is 5. The van der Waals surface area contributed by atoms with Crippen molar-refractivity contribution in [3.05, 3.63) is 0 Å². The topological polar surface area (TPSA) is 169 Å². The molecule has 214 valence electrons. The van der Waals surface area contributed by atoms with Gasteiger partial charge in [-0.1, -0.05) is 0 Å². The second-order valence-corrected chi connectivity index (χ2v) is 10.8. The van der Waals surface area contributed by atoms with E-state index in [-0.39, 0.29) is 38.5 Å². The lowest BCUT2D eigenvalue weighted by Crippen LogP contribution is -2.24. The van der Waals surface area contributed by atoms with Gasteiger partial charge in [0.25, 0.3) is 0 Å². The van der Waals surface area contributed by atoms with Crippen molar-refractivity contribution < 1.29 is 57.6 Å². The maximum atomic E-state index is 11.4. The monoisotopic (exact) mass is 534 g/mol. The number of esters is 5. The predicted octanol–water partition coefficient (Wildman–Crippen LogP) is 3.47. The van der Waals surface area contributed by atoms with Crippen LogP contribution in [0.25, 0.3) is 0 Å². The molecule has 0 aliphatic heterocycles. The van der Waals surface area contributed by atoms with E-state index in [1.54, 1.807) is 62.3 Å². The molecular formula is C25H42O12. The van der Waals surface area contributed by atoms with Crippen molar-refractivity contribution in [3.8, 4) is 0 Å². The summed E-state index contributed by atoms with van der Waals surface area (Å²) in [5, 5.41) is 8.25. The Bertz CT molecular complexity index is 735. The first kappa shape index (κ1) is 36.0. The van der Waals surface area contributed by atoms with Crippen LogP contribution in [0.5, 0.6) is 0 Å². The van der Waals surface area contributed by atoms with E-state index in [0.717, 1.165) is 0 Å². The van der Waals surface area contributed by atoms with Gasteiger partial charge in [0.05, 0.1) is 38.5 Å². The fraction of sp³-hybridized carbons (Fsp3) is 0.760. The summed E-state index contributed by atoms with van der Waals surface area (Å²) in [5.41, 5.74) is -1.77. The largest absolute Gasteiger partial charge is 0.481 e. The van der Waals surface area contributed by atoms with Gasteiger partial charge in [-0.3, -0.25) is 28.8 Å². The van der Waals surface area contributed by atoms with Gasteiger partial charge >= 0.3 is 35.8 Å². The Balaban J connectivity index is 0. The highest BCUT2D eigenvalue weighted by molar-refractivity contribution is 5.79. The van der Waals surface area contributed by atoms with Crippen LogP contribution in [0.4, 0.5) is 0 Å². The van der Waals surface area contributed by atoms with Gasteiger partial charge in [0.2, 0.25) is 6.79 Å². The van der Waals surface area contributed by atoms with Crippen molar-refractivity contribution in [3.63, 3.8) is 0 Å². The molecule has 12 heteroatoms. The highest BCUT2D eigenvalue weighted by atomic mass is 16.7. The minimum Gasteiger partial charge on any atom is -0.481 e. The number of rotatable bonds is 11. The highest BCUT2D eigenvalue weighted by Crippen LogP contribution is 2.11. The molecule has 0 bridgehead atoms. The molecule has 0 atom stereocenters. The smallest absolute Gasteiger partial charge is 0.309 e. The summed E-state index contributed by atoms with van der Waals surface area (Å²) in [7, 11) is 0. The van der Waals surface area contributed by atoms with Crippen LogP contribution in [0, 0.1) is 0 Å². The minimum absolute atomic E-state index is 0.0629. The Morgan fingerprint density at radius 3 is 0.946 bits per heavy atom. The van der Waals surface area contributed by atoms with Gasteiger partial charge in [0.15, 0.2) is 0 Å². The van der Waals surface area contributed by atoms with Crippen LogP contribution >= 0.6 is 0 Å². The maximum Gasteiger partial charge on any atom is 0.309 e. The molecule has 0 aromatic carbocycles. The molecule has 0 amide bonds. The van der Waals surface area contributed by atoms with Gasteiger partial charge in [-0.15, -0.1) is 0 Å². The molecule has 0 aromatic rings. The lowest BCUT2D eigenvalue weighted by Gasteiger charge is -2.19. The average molecular weight is 535 g/mol. The van der Waals surface area contributed by atoms with E-state index in [1.807, 2.05) is 0 Å². The van der Waals surface area contributed by atoms with E-state index < -0.39 is 59.4 Å². The number of hydrogen-bond donors (Lipinski definition) is 1. The third kappa shape index (κ3) is 28.9. The molecule has 0 rings (SSSR count). The van der Waals surface area contributed by atoms with Crippen molar-refractivity contribution in [1.82, 2.24) is 0 Å². The average Bonchev–Trinajstić information content (AvgIpc) is 2.66. The SMILES string of the molecule is CC(C)(C)OC(=O)CCC(=O)O.CC(C)(C)OC(=O)CCC(=O)OCOC(=O)CCC(=O)OC(C)(C)C. The molecular weight excluding hydrogens is 492 g/mol. The molecule has 0 saturated heterocycles. The Hall–Kier alpha value is -3.18. The molecule has 0 aliphatic rings. The Kier molecular flexibility index (Phi) is 16.1. The number of carboxylic acid groups (broad SMARTS) is 1. The van der Waals surface area contributed by atoms with Crippen molar-refractivity contribution in [2.24, 2.45) is 0 Å². The quantitative estimate of drug-likeness (QED) is 0.233. The predicted molar refractivity (Wildman–Crippen MR) is 130 cm³/mol. The number of ether oxygens (including phenoxy) is 5. The summed E-state index contributed by atoms with van der Waals surface area (Å²) in [6.45, 7) is 15.0. The Morgan fingerprint density at radius 2 is 0.703 bits per heavy atom. The van der Waals surface area contributed by atoms with Crippen LogP contribution in [0.15, 0.2) is 0 Å². The second-order valence-electron chi connectivity index (χ2n) is 10.8. The van der Waals surface area contributed by atoms with Gasteiger partial charge in [-0.25, -0.2) is 0 Å². The van der Waals surface area contributed by atoms with Crippen molar-refractivity contribution in [1.29, 1.82) is 0 Å².